The number of nitrogens with one attached hydrogen (secondary N) is 1. The van der Waals surface area contributed by atoms with Gasteiger partial charge in [0, 0.05) is 24.2 Å². The first kappa shape index (κ1) is 14.1. The zero-order chi connectivity index (χ0) is 13.9. The molecule has 0 aliphatic rings. The second kappa shape index (κ2) is 5.74. The van der Waals surface area contributed by atoms with Crippen LogP contribution >= 0.6 is 11.3 Å². The van der Waals surface area contributed by atoms with E-state index in [4.69, 9.17) is 5.73 Å². The Kier molecular flexibility index (Phi) is 4.25. The number of halogens is 1. The molecule has 0 saturated carbocycles. The normalized spacial score (nSPS) is 11.7. The molecule has 1 heterocycles. The Morgan fingerprint density at radius 2 is 2.21 bits per heavy atom. The number of aromatic nitrogens is 1. The highest BCUT2D eigenvalue weighted by atomic mass is 32.2. The van der Waals surface area contributed by atoms with Crippen molar-refractivity contribution in [2.75, 3.05) is 0 Å². The number of benzene rings is 1. The van der Waals surface area contributed by atoms with Crippen LogP contribution in [0.25, 0.3) is 0 Å². The minimum Gasteiger partial charge on any atom is -0.326 e. The lowest BCUT2D eigenvalue weighted by molar-refractivity contribution is 0.556. The van der Waals surface area contributed by atoms with Gasteiger partial charge in [-0.25, -0.2) is 17.5 Å². The Bertz CT molecular complexity index is 657. The molecule has 102 valence electrons. The Balaban J connectivity index is 2.19. The van der Waals surface area contributed by atoms with Crippen LogP contribution in [0.2, 0.25) is 0 Å². The molecule has 0 aliphatic heterocycles. The molecule has 0 spiro atoms. The van der Waals surface area contributed by atoms with Crippen LogP contribution in [0.4, 0.5) is 4.39 Å². The van der Waals surface area contributed by atoms with Crippen LogP contribution in [0.3, 0.4) is 0 Å². The number of nitrogens with two attached hydrogens (primary N) is 1. The Labute approximate surface area is 114 Å². The lowest BCUT2D eigenvalue weighted by Gasteiger charge is -2.07. The van der Waals surface area contributed by atoms with Crippen molar-refractivity contribution in [1.82, 2.24) is 9.71 Å². The molecule has 0 saturated heterocycles. The van der Waals surface area contributed by atoms with Crippen LogP contribution in [0.15, 0.2) is 34.8 Å². The van der Waals surface area contributed by atoms with E-state index in [1.165, 1.54) is 23.5 Å². The predicted octanol–water partition coefficient (Wildman–Crippen LogP) is 1.22. The molecule has 1 aromatic carbocycles. The van der Waals surface area contributed by atoms with Gasteiger partial charge in [0.1, 0.15) is 10.7 Å². The van der Waals surface area contributed by atoms with Gasteiger partial charge in [-0.15, -0.1) is 11.3 Å². The van der Waals surface area contributed by atoms with Gasteiger partial charge in [0.2, 0.25) is 10.0 Å². The smallest absolute Gasteiger partial charge is 0.243 e. The van der Waals surface area contributed by atoms with Gasteiger partial charge in [0.25, 0.3) is 0 Å². The fourth-order valence-corrected chi connectivity index (χ4v) is 3.15. The van der Waals surface area contributed by atoms with Crippen LogP contribution in [0.1, 0.15) is 10.4 Å². The Morgan fingerprint density at radius 3 is 2.79 bits per heavy atom. The number of hydrogen-bond donors (Lipinski definition) is 2. The lowest BCUT2D eigenvalue weighted by atomic mass is 10.2. The molecule has 0 radical (unpaired) electrons. The first-order chi connectivity index (χ1) is 9.03. The molecule has 3 N–H and O–H groups in total. The molecule has 0 fully saturated rings. The SMILES string of the molecule is NCc1ccc(S(=O)(=O)NCc2cncs2)c(F)c1. The molecular weight excluding hydrogens is 289 g/mol. The first-order valence-corrected chi connectivity index (χ1v) is 7.75. The van der Waals surface area contributed by atoms with Gasteiger partial charge < -0.3 is 5.73 Å². The van der Waals surface area contributed by atoms with Crippen molar-refractivity contribution in [1.29, 1.82) is 0 Å². The average molecular weight is 301 g/mol. The molecule has 0 atom stereocenters. The molecule has 2 rings (SSSR count). The van der Waals surface area contributed by atoms with Gasteiger partial charge in [0.05, 0.1) is 5.51 Å². The third-order valence-electron chi connectivity index (χ3n) is 2.44. The van der Waals surface area contributed by atoms with Crippen molar-refractivity contribution in [3.8, 4) is 0 Å². The molecule has 2 aromatic rings. The third kappa shape index (κ3) is 3.35. The molecule has 5 nitrogen and oxygen atoms in total. The van der Waals surface area contributed by atoms with Gasteiger partial charge in [-0.3, -0.25) is 4.98 Å². The summed E-state index contributed by atoms with van der Waals surface area (Å²) in [5.41, 5.74) is 7.50. The molecule has 0 bridgehead atoms. The summed E-state index contributed by atoms with van der Waals surface area (Å²) in [5.74, 6) is -0.806. The van der Waals surface area contributed by atoms with E-state index in [1.54, 1.807) is 11.7 Å². The fourth-order valence-electron chi connectivity index (χ4n) is 1.46. The van der Waals surface area contributed by atoms with Gasteiger partial charge >= 0.3 is 0 Å². The topological polar surface area (TPSA) is 85.1 Å². The zero-order valence-corrected chi connectivity index (χ0v) is 11.5. The number of hydrogen-bond acceptors (Lipinski definition) is 5. The molecule has 0 amide bonds. The minimum atomic E-state index is -3.88. The fraction of sp³-hybridized carbons (Fsp3) is 0.182. The molecule has 0 aliphatic carbocycles. The Morgan fingerprint density at radius 1 is 1.42 bits per heavy atom. The van der Waals surface area contributed by atoms with Crippen LogP contribution < -0.4 is 10.5 Å². The summed E-state index contributed by atoms with van der Waals surface area (Å²) in [4.78, 5) is 4.20. The van der Waals surface area contributed by atoms with Crippen LogP contribution in [0, 0.1) is 5.82 Å². The molecule has 19 heavy (non-hydrogen) atoms. The monoisotopic (exact) mass is 301 g/mol. The summed E-state index contributed by atoms with van der Waals surface area (Å²) in [5, 5.41) is 0. The third-order valence-corrected chi connectivity index (χ3v) is 4.66. The quantitative estimate of drug-likeness (QED) is 0.869. The molecule has 1 aromatic heterocycles. The van der Waals surface area contributed by atoms with E-state index in [-0.39, 0.29) is 18.0 Å². The van der Waals surface area contributed by atoms with Crippen molar-refractivity contribution in [3.63, 3.8) is 0 Å². The number of nitrogens with zero attached hydrogens (tertiary/aromatic N) is 1. The van der Waals surface area contributed by atoms with E-state index < -0.39 is 15.8 Å². The summed E-state index contributed by atoms with van der Waals surface area (Å²) in [6, 6.07) is 3.83. The Hall–Kier alpha value is -1.35. The lowest BCUT2D eigenvalue weighted by Crippen LogP contribution is -2.24. The average Bonchev–Trinajstić information content (AvgIpc) is 2.89. The van der Waals surface area contributed by atoms with Crippen molar-refractivity contribution in [3.05, 3.63) is 46.2 Å². The van der Waals surface area contributed by atoms with Crippen molar-refractivity contribution >= 4 is 21.4 Å². The van der Waals surface area contributed by atoms with E-state index >= 15 is 0 Å². The van der Waals surface area contributed by atoms with E-state index in [9.17, 15) is 12.8 Å². The summed E-state index contributed by atoms with van der Waals surface area (Å²) in [6.07, 6.45) is 1.56. The maximum absolute atomic E-state index is 13.7. The van der Waals surface area contributed by atoms with Crippen LogP contribution in [0.5, 0.6) is 0 Å². The number of rotatable bonds is 5. The van der Waals surface area contributed by atoms with Crippen molar-refractivity contribution < 1.29 is 12.8 Å². The van der Waals surface area contributed by atoms with E-state index in [2.05, 4.69) is 9.71 Å². The van der Waals surface area contributed by atoms with Gasteiger partial charge in [-0.1, -0.05) is 6.07 Å². The summed E-state index contributed by atoms with van der Waals surface area (Å²) in [6.45, 7) is 0.247. The van der Waals surface area contributed by atoms with Gasteiger partial charge in [-0.05, 0) is 17.7 Å². The second-order valence-electron chi connectivity index (χ2n) is 3.76. The minimum absolute atomic E-state index is 0.0884. The number of thiazole rings is 1. The summed E-state index contributed by atoms with van der Waals surface area (Å²) >= 11 is 1.32. The van der Waals surface area contributed by atoms with E-state index in [0.717, 1.165) is 10.9 Å². The maximum Gasteiger partial charge on any atom is 0.243 e. The zero-order valence-electron chi connectivity index (χ0n) is 9.84. The van der Waals surface area contributed by atoms with Gasteiger partial charge in [-0.2, -0.15) is 0 Å². The molecule has 8 heteroatoms. The summed E-state index contributed by atoms with van der Waals surface area (Å²) in [7, 11) is -3.88. The highest BCUT2D eigenvalue weighted by Crippen LogP contribution is 2.16. The molecular formula is C11H12FN3O2S2. The standard InChI is InChI=1S/C11H12FN3O2S2/c12-10-3-8(4-13)1-2-11(10)19(16,17)15-6-9-5-14-7-18-9/h1-3,5,7,15H,4,6,13H2. The number of sulfonamides is 1. The molecule has 0 unspecified atom stereocenters. The van der Waals surface area contributed by atoms with E-state index in [0.29, 0.717) is 5.56 Å². The second-order valence-corrected chi connectivity index (χ2v) is 6.47. The van der Waals surface area contributed by atoms with E-state index in [1.807, 2.05) is 0 Å². The van der Waals surface area contributed by atoms with Crippen molar-refractivity contribution in [2.24, 2.45) is 5.73 Å². The largest absolute Gasteiger partial charge is 0.326 e. The predicted molar refractivity (Wildman–Crippen MR) is 70.4 cm³/mol. The van der Waals surface area contributed by atoms with Crippen LogP contribution in [-0.2, 0) is 23.1 Å². The van der Waals surface area contributed by atoms with Crippen molar-refractivity contribution in [2.45, 2.75) is 18.0 Å². The van der Waals surface area contributed by atoms with Gasteiger partial charge in [0.15, 0.2) is 0 Å². The summed E-state index contributed by atoms with van der Waals surface area (Å²) < 4.78 is 39.9. The highest BCUT2D eigenvalue weighted by molar-refractivity contribution is 7.89. The maximum atomic E-state index is 13.7. The first-order valence-electron chi connectivity index (χ1n) is 5.38. The van der Waals surface area contributed by atoms with Crippen LogP contribution in [-0.4, -0.2) is 13.4 Å². The highest BCUT2D eigenvalue weighted by Gasteiger charge is 2.19.